The number of hydrazone groups is 1. The molecule has 5 nitrogen and oxygen atoms in total. The Morgan fingerprint density at radius 1 is 1.35 bits per heavy atom. The van der Waals surface area contributed by atoms with Crippen molar-refractivity contribution in [3.63, 3.8) is 0 Å². The first-order valence-electron chi connectivity index (χ1n) is 7.74. The number of phenolic OH excluding ortho intramolecular Hbond substituents is 1. The molecule has 0 unspecified atom stereocenters. The van der Waals surface area contributed by atoms with Crippen LogP contribution in [0.3, 0.4) is 0 Å². The quantitative estimate of drug-likeness (QED) is 0.398. The van der Waals surface area contributed by atoms with Crippen LogP contribution in [0.15, 0.2) is 40.3 Å². The standard InChI is InChI=1S/C18H18Cl2N2O3S/c1-3-26-15-7-5-13(19)8-12(15)9-16(23)22-21-10-11-4-6-14(25-2)18(24)17(11)20/h4-8,10,24H,3,9H2,1-2H3,(H,22,23)/b21-10-. The fourth-order valence-electron chi connectivity index (χ4n) is 2.20. The number of hydrogen-bond acceptors (Lipinski definition) is 5. The van der Waals surface area contributed by atoms with Crippen LogP contribution in [0.25, 0.3) is 0 Å². The molecule has 138 valence electrons. The average molecular weight is 413 g/mol. The van der Waals surface area contributed by atoms with Crippen LogP contribution in [0.1, 0.15) is 18.1 Å². The molecule has 8 heteroatoms. The summed E-state index contributed by atoms with van der Waals surface area (Å²) in [5.41, 5.74) is 3.75. The molecular formula is C18H18Cl2N2O3S. The Balaban J connectivity index is 2.04. The van der Waals surface area contributed by atoms with Gasteiger partial charge in [0.05, 0.1) is 24.8 Å². The Bertz CT molecular complexity index is 828. The number of carbonyl (C=O) groups is 1. The molecule has 2 rings (SSSR count). The number of carbonyl (C=O) groups excluding carboxylic acids is 1. The molecule has 2 N–H and O–H groups in total. The van der Waals surface area contributed by atoms with E-state index in [9.17, 15) is 9.90 Å². The molecular weight excluding hydrogens is 395 g/mol. The molecule has 0 atom stereocenters. The number of aromatic hydroxyl groups is 1. The Morgan fingerprint density at radius 2 is 2.12 bits per heavy atom. The van der Waals surface area contributed by atoms with Gasteiger partial charge in [0.25, 0.3) is 0 Å². The molecule has 0 bridgehead atoms. The summed E-state index contributed by atoms with van der Waals surface area (Å²) >= 11 is 13.7. The largest absolute Gasteiger partial charge is 0.503 e. The van der Waals surface area contributed by atoms with Gasteiger partial charge in [-0.2, -0.15) is 5.10 Å². The van der Waals surface area contributed by atoms with Gasteiger partial charge < -0.3 is 9.84 Å². The Morgan fingerprint density at radius 3 is 2.81 bits per heavy atom. The van der Waals surface area contributed by atoms with Gasteiger partial charge in [-0.1, -0.05) is 30.1 Å². The highest BCUT2D eigenvalue weighted by Gasteiger charge is 2.11. The molecule has 0 saturated carbocycles. The minimum Gasteiger partial charge on any atom is -0.503 e. The molecule has 26 heavy (non-hydrogen) atoms. The molecule has 0 aliphatic heterocycles. The van der Waals surface area contributed by atoms with E-state index in [4.69, 9.17) is 27.9 Å². The lowest BCUT2D eigenvalue weighted by Gasteiger charge is -2.08. The van der Waals surface area contributed by atoms with E-state index in [-0.39, 0.29) is 28.8 Å². The zero-order chi connectivity index (χ0) is 19.1. The van der Waals surface area contributed by atoms with Crippen LogP contribution >= 0.6 is 35.0 Å². The van der Waals surface area contributed by atoms with Gasteiger partial charge in [0, 0.05) is 15.5 Å². The van der Waals surface area contributed by atoms with E-state index >= 15 is 0 Å². The van der Waals surface area contributed by atoms with Crippen molar-refractivity contribution in [3.8, 4) is 11.5 Å². The van der Waals surface area contributed by atoms with Crippen LogP contribution in [0.4, 0.5) is 0 Å². The number of benzene rings is 2. The highest BCUT2D eigenvalue weighted by atomic mass is 35.5. The summed E-state index contributed by atoms with van der Waals surface area (Å²) in [6.45, 7) is 2.04. The lowest BCUT2D eigenvalue weighted by Crippen LogP contribution is -2.20. The third-order valence-corrected chi connectivity index (χ3v) is 5.03. The molecule has 1 amide bonds. The van der Waals surface area contributed by atoms with E-state index in [0.29, 0.717) is 10.6 Å². The Kier molecular flexibility index (Phi) is 7.63. The van der Waals surface area contributed by atoms with E-state index in [2.05, 4.69) is 10.5 Å². The van der Waals surface area contributed by atoms with Crippen LogP contribution in [0, 0.1) is 0 Å². The number of halogens is 2. The van der Waals surface area contributed by atoms with E-state index in [1.54, 1.807) is 36.0 Å². The lowest BCUT2D eigenvalue weighted by atomic mass is 10.1. The van der Waals surface area contributed by atoms with E-state index in [1.807, 2.05) is 13.0 Å². The molecule has 0 aliphatic rings. The third-order valence-electron chi connectivity index (χ3n) is 3.40. The van der Waals surface area contributed by atoms with Crippen molar-refractivity contribution in [2.24, 2.45) is 5.10 Å². The third kappa shape index (κ3) is 5.30. The van der Waals surface area contributed by atoms with E-state index in [0.717, 1.165) is 16.2 Å². The fourth-order valence-corrected chi connectivity index (χ4v) is 3.39. The Labute approximate surface area is 166 Å². The van der Waals surface area contributed by atoms with Crippen molar-refractivity contribution < 1.29 is 14.6 Å². The first kappa shape index (κ1) is 20.4. The smallest absolute Gasteiger partial charge is 0.244 e. The maximum absolute atomic E-state index is 12.1. The molecule has 0 aromatic heterocycles. The monoisotopic (exact) mass is 412 g/mol. The summed E-state index contributed by atoms with van der Waals surface area (Å²) < 4.78 is 4.97. The van der Waals surface area contributed by atoms with Crippen LogP contribution < -0.4 is 10.2 Å². The topological polar surface area (TPSA) is 70.9 Å². The summed E-state index contributed by atoms with van der Waals surface area (Å²) in [4.78, 5) is 13.2. The number of amides is 1. The van der Waals surface area contributed by atoms with Gasteiger partial charge in [0.2, 0.25) is 5.91 Å². The van der Waals surface area contributed by atoms with Crippen LogP contribution in [-0.4, -0.2) is 30.1 Å². The minimum absolute atomic E-state index is 0.0961. The number of nitrogens with one attached hydrogen (secondary N) is 1. The maximum atomic E-state index is 12.1. The molecule has 2 aromatic carbocycles. The number of thioether (sulfide) groups is 1. The van der Waals surface area contributed by atoms with Crippen molar-refractivity contribution in [1.82, 2.24) is 5.43 Å². The summed E-state index contributed by atoms with van der Waals surface area (Å²) in [6, 6.07) is 8.68. The second kappa shape index (κ2) is 9.71. The molecule has 0 aliphatic carbocycles. The highest BCUT2D eigenvalue weighted by molar-refractivity contribution is 7.99. The van der Waals surface area contributed by atoms with Crippen LogP contribution in [0.2, 0.25) is 10.0 Å². The molecule has 0 spiro atoms. The maximum Gasteiger partial charge on any atom is 0.244 e. The van der Waals surface area contributed by atoms with Gasteiger partial charge in [0.1, 0.15) is 0 Å². The predicted octanol–water partition coefficient (Wildman–Crippen LogP) is 4.51. The second-order valence-corrected chi connectivity index (χ2v) is 7.29. The predicted molar refractivity (Wildman–Crippen MR) is 107 cm³/mol. The van der Waals surface area contributed by atoms with Gasteiger partial charge in [0.15, 0.2) is 11.5 Å². The van der Waals surface area contributed by atoms with Gasteiger partial charge in [-0.05, 0) is 41.6 Å². The van der Waals surface area contributed by atoms with Crippen molar-refractivity contribution >= 4 is 47.1 Å². The second-order valence-electron chi connectivity index (χ2n) is 5.17. The van der Waals surface area contributed by atoms with Crippen LogP contribution in [0.5, 0.6) is 11.5 Å². The first-order chi connectivity index (χ1) is 12.5. The van der Waals surface area contributed by atoms with Gasteiger partial charge >= 0.3 is 0 Å². The molecule has 0 radical (unpaired) electrons. The van der Waals surface area contributed by atoms with Crippen molar-refractivity contribution in [3.05, 3.63) is 51.5 Å². The Hall–Kier alpha value is -1.89. The van der Waals surface area contributed by atoms with Crippen LogP contribution in [-0.2, 0) is 11.2 Å². The molecule has 0 heterocycles. The lowest BCUT2D eigenvalue weighted by molar-refractivity contribution is -0.120. The summed E-state index contributed by atoms with van der Waals surface area (Å²) in [5, 5.41) is 14.4. The van der Waals surface area contributed by atoms with Crippen molar-refractivity contribution in [2.45, 2.75) is 18.2 Å². The summed E-state index contributed by atoms with van der Waals surface area (Å²) in [5.74, 6) is 0.700. The number of nitrogens with zero attached hydrogens (tertiary/aromatic N) is 1. The summed E-state index contributed by atoms with van der Waals surface area (Å²) in [6.07, 6.45) is 1.51. The first-order valence-corrected chi connectivity index (χ1v) is 9.49. The normalized spacial score (nSPS) is 10.9. The van der Waals surface area contributed by atoms with Gasteiger partial charge in [-0.3, -0.25) is 4.79 Å². The summed E-state index contributed by atoms with van der Waals surface area (Å²) in [7, 11) is 1.43. The number of rotatable bonds is 7. The molecule has 2 aromatic rings. The zero-order valence-electron chi connectivity index (χ0n) is 14.3. The average Bonchev–Trinajstić information content (AvgIpc) is 2.61. The number of ether oxygens (including phenoxy) is 1. The number of hydrogen-bond donors (Lipinski definition) is 2. The van der Waals surface area contributed by atoms with Gasteiger partial charge in [-0.25, -0.2) is 5.43 Å². The van der Waals surface area contributed by atoms with E-state index < -0.39 is 0 Å². The molecule has 0 saturated heterocycles. The van der Waals surface area contributed by atoms with Crippen molar-refractivity contribution in [1.29, 1.82) is 0 Å². The van der Waals surface area contributed by atoms with Gasteiger partial charge in [-0.15, -0.1) is 11.8 Å². The SMILES string of the molecule is CCSc1ccc(Cl)cc1CC(=O)N/N=C\c1ccc(OC)c(O)c1Cl. The zero-order valence-corrected chi connectivity index (χ0v) is 16.6. The van der Waals surface area contributed by atoms with E-state index in [1.165, 1.54) is 13.3 Å². The number of methoxy groups -OCH3 is 1. The minimum atomic E-state index is -0.282. The highest BCUT2D eigenvalue weighted by Crippen LogP contribution is 2.35. The van der Waals surface area contributed by atoms with Crippen molar-refractivity contribution in [2.75, 3.05) is 12.9 Å². The molecule has 0 fully saturated rings. The number of phenols is 1. The fraction of sp³-hybridized carbons (Fsp3) is 0.222.